The van der Waals surface area contributed by atoms with Gasteiger partial charge in [-0.2, -0.15) is 4.98 Å². The van der Waals surface area contributed by atoms with Crippen LogP contribution in [0.3, 0.4) is 0 Å². The van der Waals surface area contributed by atoms with Crippen LogP contribution in [0.5, 0.6) is 0 Å². The Balaban J connectivity index is 1.19. The maximum Gasteiger partial charge on any atom is 0.332 e. The summed E-state index contributed by atoms with van der Waals surface area (Å²) in [6.07, 6.45) is 0. The number of hydrogen-bond donors (Lipinski definition) is 1. The first-order valence-electron chi connectivity index (χ1n) is 14.7. The Morgan fingerprint density at radius 1 is 0.913 bits per heavy atom. The van der Waals surface area contributed by atoms with Crippen molar-refractivity contribution in [3.05, 3.63) is 121 Å². The lowest BCUT2D eigenvalue weighted by Gasteiger charge is -2.35. The molecule has 3 heterocycles. The minimum absolute atomic E-state index is 0.0937. The fourth-order valence-electron chi connectivity index (χ4n) is 5.66. The number of amides is 1. The van der Waals surface area contributed by atoms with E-state index in [0.29, 0.717) is 54.0 Å². The minimum Gasteiger partial charge on any atom is -0.340 e. The summed E-state index contributed by atoms with van der Waals surface area (Å²) in [5.41, 5.74) is 1.51. The van der Waals surface area contributed by atoms with Gasteiger partial charge in [0.05, 0.1) is 18.8 Å². The Hall–Kier alpha value is -5.07. The summed E-state index contributed by atoms with van der Waals surface area (Å²) in [5.74, 6) is -0.386. The molecule has 13 heteroatoms. The SMILES string of the molecule is Cn1c(=O)c2c(nc(N3CCN(CC(=O)Nc4ccc(Cl)cc4C(=O)c4ccccc4)CC3)n2Cc2ccc(F)cc2)n(C)c1=O. The number of halogens is 2. The van der Waals surface area contributed by atoms with Crippen LogP contribution in [-0.4, -0.2) is 68.0 Å². The van der Waals surface area contributed by atoms with E-state index in [0.717, 1.165) is 10.1 Å². The van der Waals surface area contributed by atoms with Crippen LogP contribution in [-0.2, 0) is 25.4 Å². The number of carbonyl (C=O) groups excluding carboxylic acids is 2. The number of nitrogens with zero attached hydrogens (tertiary/aromatic N) is 6. The maximum absolute atomic E-state index is 13.6. The third-order valence-electron chi connectivity index (χ3n) is 8.14. The molecule has 6 rings (SSSR count). The molecule has 1 N–H and O–H groups in total. The van der Waals surface area contributed by atoms with Crippen molar-refractivity contribution >= 4 is 46.1 Å². The Labute approximate surface area is 268 Å². The summed E-state index contributed by atoms with van der Waals surface area (Å²) in [4.78, 5) is 61.0. The van der Waals surface area contributed by atoms with Gasteiger partial charge in [0.25, 0.3) is 5.56 Å². The van der Waals surface area contributed by atoms with Gasteiger partial charge in [0.15, 0.2) is 16.9 Å². The highest BCUT2D eigenvalue weighted by atomic mass is 35.5. The number of aromatic nitrogens is 4. The molecule has 1 amide bonds. The molecule has 0 aliphatic carbocycles. The number of carbonyl (C=O) groups is 2. The molecule has 0 radical (unpaired) electrons. The molecule has 0 bridgehead atoms. The zero-order chi connectivity index (χ0) is 32.5. The van der Waals surface area contributed by atoms with Gasteiger partial charge in [0.2, 0.25) is 11.9 Å². The number of ketones is 1. The van der Waals surface area contributed by atoms with Crippen LogP contribution in [0.2, 0.25) is 5.02 Å². The van der Waals surface area contributed by atoms with Crippen LogP contribution in [0.15, 0.2) is 82.4 Å². The zero-order valence-corrected chi connectivity index (χ0v) is 26.0. The van der Waals surface area contributed by atoms with Crippen LogP contribution in [0.1, 0.15) is 21.5 Å². The lowest BCUT2D eigenvalue weighted by atomic mass is 10.0. The van der Waals surface area contributed by atoms with Crippen molar-refractivity contribution in [3.63, 3.8) is 0 Å². The van der Waals surface area contributed by atoms with Crippen molar-refractivity contribution in [1.82, 2.24) is 23.6 Å². The highest BCUT2D eigenvalue weighted by molar-refractivity contribution is 6.31. The van der Waals surface area contributed by atoms with Crippen LogP contribution in [0.25, 0.3) is 11.2 Å². The molecule has 1 aliphatic rings. The average molecular weight is 644 g/mol. The highest BCUT2D eigenvalue weighted by Crippen LogP contribution is 2.25. The lowest BCUT2D eigenvalue weighted by molar-refractivity contribution is -0.117. The number of imidazole rings is 1. The fourth-order valence-corrected chi connectivity index (χ4v) is 5.83. The largest absolute Gasteiger partial charge is 0.340 e. The molecular formula is C33H31ClFN7O4. The Kier molecular flexibility index (Phi) is 8.57. The van der Waals surface area contributed by atoms with E-state index in [9.17, 15) is 23.6 Å². The molecular weight excluding hydrogens is 613 g/mol. The van der Waals surface area contributed by atoms with Crippen molar-refractivity contribution in [2.24, 2.45) is 14.1 Å². The molecule has 0 spiro atoms. The number of aryl methyl sites for hydroxylation is 1. The summed E-state index contributed by atoms with van der Waals surface area (Å²) in [7, 11) is 2.99. The van der Waals surface area contributed by atoms with E-state index in [2.05, 4.69) is 5.32 Å². The molecule has 2 aromatic heterocycles. The second-order valence-electron chi connectivity index (χ2n) is 11.2. The third kappa shape index (κ3) is 6.09. The molecule has 0 saturated carbocycles. The number of nitrogens with one attached hydrogen (secondary N) is 1. The lowest BCUT2D eigenvalue weighted by Crippen LogP contribution is -2.49. The molecule has 0 atom stereocenters. The Morgan fingerprint density at radius 3 is 2.30 bits per heavy atom. The molecule has 1 aliphatic heterocycles. The van der Waals surface area contributed by atoms with E-state index in [-0.39, 0.29) is 41.8 Å². The first kappa shape index (κ1) is 30.9. The van der Waals surface area contributed by atoms with Gasteiger partial charge in [0, 0.05) is 56.4 Å². The predicted molar refractivity (Wildman–Crippen MR) is 174 cm³/mol. The van der Waals surface area contributed by atoms with Crippen LogP contribution >= 0.6 is 11.6 Å². The van der Waals surface area contributed by atoms with Crippen molar-refractivity contribution in [1.29, 1.82) is 0 Å². The number of benzene rings is 3. The standard InChI is InChI=1S/C33H31ClFN7O4/c1-38-30-28(31(45)39(2)33(38)46)42(19-21-8-11-24(35)12-9-21)32(37-30)41-16-14-40(15-17-41)20-27(43)36-26-13-10-23(34)18-25(26)29(44)22-6-4-3-5-7-22/h3-13,18H,14-17,19-20H2,1-2H3,(H,36,43). The van der Waals surface area contributed by atoms with Gasteiger partial charge in [-0.05, 0) is 35.9 Å². The first-order chi connectivity index (χ1) is 22.1. The molecule has 3 aromatic carbocycles. The fraction of sp³-hybridized carbons (Fsp3) is 0.242. The molecule has 1 fully saturated rings. The number of hydrogen-bond acceptors (Lipinski definition) is 7. The maximum atomic E-state index is 13.6. The predicted octanol–water partition coefficient (Wildman–Crippen LogP) is 3.27. The van der Waals surface area contributed by atoms with E-state index >= 15 is 0 Å². The van der Waals surface area contributed by atoms with Gasteiger partial charge in [0.1, 0.15) is 5.82 Å². The van der Waals surface area contributed by atoms with Gasteiger partial charge >= 0.3 is 5.69 Å². The number of fused-ring (bicyclic) bond motifs is 1. The zero-order valence-electron chi connectivity index (χ0n) is 25.2. The van der Waals surface area contributed by atoms with E-state index in [4.69, 9.17) is 16.6 Å². The smallest absolute Gasteiger partial charge is 0.332 e. The number of rotatable bonds is 8. The molecule has 0 unspecified atom stereocenters. The molecule has 46 heavy (non-hydrogen) atoms. The summed E-state index contributed by atoms with van der Waals surface area (Å²) < 4.78 is 17.8. The molecule has 11 nitrogen and oxygen atoms in total. The molecule has 236 valence electrons. The number of anilines is 2. The average Bonchev–Trinajstić information content (AvgIpc) is 3.44. The monoisotopic (exact) mass is 643 g/mol. The van der Waals surface area contributed by atoms with Crippen molar-refractivity contribution in [2.75, 3.05) is 42.9 Å². The van der Waals surface area contributed by atoms with Gasteiger partial charge in [-0.15, -0.1) is 0 Å². The van der Waals surface area contributed by atoms with E-state index in [1.54, 1.807) is 66.2 Å². The Morgan fingerprint density at radius 2 is 1.61 bits per heavy atom. The molecule has 5 aromatic rings. The van der Waals surface area contributed by atoms with Crippen LogP contribution < -0.4 is 21.5 Å². The van der Waals surface area contributed by atoms with Crippen LogP contribution in [0.4, 0.5) is 16.0 Å². The summed E-state index contributed by atoms with van der Waals surface area (Å²) >= 11 is 6.19. The first-order valence-corrected chi connectivity index (χ1v) is 15.1. The third-order valence-corrected chi connectivity index (χ3v) is 8.38. The normalized spacial score (nSPS) is 13.7. The van der Waals surface area contributed by atoms with Gasteiger partial charge in [-0.3, -0.25) is 33.0 Å². The topological polar surface area (TPSA) is 114 Å². The van der Waals surface area contributed by atoms with Crippen molar-refractivity contribution in [3.8, 4) is 0 Å². The number of piperazine rings is 1. The Bertz CT molecular complexity index is 2060. The summed E-state index contributed by atoms with van der Waals surface area (Å²) in [6.45, 7) is 2.35. The van der Waals surface area contributed by atoms with Gasteiger partial charge < -0.3 is 10.2 Å². The van der Waals surface area contributed by atoms with E-state index in [1.807, 2.05) is 15.9 Å². The second-order valence-corrected chi connectivity index (χ2v) is 11.6. The van der Waals surface area contributed by atoms with Crippen molar-refractivity contribution in [2.45, 2.75) is 6.54 Å². The van der Waals surface area contributed by atoms with Gasteiger partial charge in [-0.1, -0.05) is 54.1 Å². The van der Waals surface area contributed by atoms with Gasteiger partial charge in [-0.25, -0.2) is 9.18 Å². The molecule has 1 saturated heterocycles. The summed E-state index contributed by atoms with van der Waals surface area (Å²) in [6, 6.07) is 19.6. The highest BCUT2D eigenvalue weighted by Gasteiger charge is 2.27. The second kappa shape index (κ2) is 12.7. The summed E-state index contributed by atoms with van der Waals surface area (Å²) in [5, 5.41) is 3.26. The quantitative estimate of drug-likeness (QED) is 0.258. The van der Waals surface area contributed by atoms with E-state index < -0.39 is 11.2 Å². The van der Waals surface area contributed by atoms with Crippen molar-refractivity contribution < 1.29 is 14.0 Å². The minimum atomic E-state index is -0.486. The van der Waals surface area contributed by atoms with E-state index in [1.165, 1.54) is 23.7 Å². The van der Waals surface area contributed by atoms with Crippen LogP contribution in [0, 0.1) is 5.82 Å².